The Balaban J connectivity index is 2.67. The quantitative estimate of drug-likeness (QED) is 0.648. The van der Waals surface area contributed by atoms with Crippen molar-refractivity contribution in [3.05, 3.63) is 0 Å². The maximum absolute atomic E-state index is 12.0. The predicted molar refractivity (Wildman–Crippen MR) is 56.5 cm³/mol. The molecule has 2 atom stereocenters. The molecule has 1 rings (SSSR count). The molecule has 0 aliphatic carbocycles. The molecule has 0 unspecified atom stereocenters. The van der Waals surface area contributed by atoms with E-state index in [9.17, 15) is 9.90 Å². The van der Waals surface area contributed by atoms with Gasteiger partial charge < -0.3 is 20.1 Å². The summed E-state index contributed by atoms with van der Waals surface area (Å²) in [6.07, 6.45) is -0.494. The third-order valence-corrected chi connectivity index (χ3v) is 2.99. The summed E-state index contributed by atoms with van der Waals surface area (Å²) in [5.74, 6) is -0.113. The number of nitrogens with one attached hydrogen (secondary N) is 1. The standard InChI is InChI=1S/C10H20N2O3/c1-10(2,15-4)9(14)12(3)7-5-11-6-8(7)13/h7-8,11,13H,5-6H2,1-4H3/t7-,8-/m1/s1. The normalized spacial score (nSPS) is 26.7. The first kappa shape index (κ1) is 12.4. The maximum Gasteiger partial charge on any atom is 0.254 e. The second kappa shape index (κ2) is 4.47. The topological polar surface area (TPSA) is 61.8 Å². The van der Waals surface area contributed by atoms with Gasteiger partial charge >= 0.3 is 0 Å². The molecule has 0 aromatic carbocycles. The Kier molecular flexibility index (Phi) is 3.70. The fraction of sp³-hybridized carbons (Fsp3) is 0.900. The van der Waals surface area contributed by atoms with Crippen molar-refractivity contribution in [2.45, 2.75) is 31.6 Å². The molecule has 1 amide bonds. The van der Waals surface area contributed by atoms with Crippen molar-refractivity contribution in [1.29, 1.82) is 0 Å². The number of nitrogens with zero attached hydrogens (tertiary/aromatic N) is 1. The van der Waals surface area contributed by atoms with Crippen LogP contribution in [-0.4, -0.2) is 60.9 Å². The Morgan fingerprint density at radius 2 is 2.13 bits per heavy atom. The number of β-amino-alcohol motifs (C(OH)–C–C–N with tert-alkyl or cyclic N) is 1. The van der Waals surface area contributed by atoms with E-state index in [0.29, 0.717) is 13.1 Å². The fourth-order valence-electron chi connectivity index (χ4n) is 1.71. The van der Waals surface area contributed by atoms with Crippen LogP contribution in [0.1, 0.15) is 13.8 Å². The number of ether oxygens (including phenoxy) is 1. The molecule has 88 valence electrons. The zero-order valence-corrected chi connectivity index (χ0v) is 9.78. The van der Waals surface area contributed by atoms with E-state index in [-0.39, 0.29) is 11.9 Å². The molecule has 5 nitrogen and oxygen atoms in total. The minimum absolute atomic E-state index is 0.113. The zero-order valence-electron chi connectivity index (χ0n) is 9.78. The predicted octanol–water partition coefficient (Wildman–Crippen LogP) is -0.797. The van der Waals surface area contributed by atoms with Gasteiger partial charge in [0.05, 0.1) is 12.1 Å². The van der Waals surface area contributed by atoms with Gasteiger partial charge in [0.2, 0.25) is 0 Å². The van der Waals surface area contributed by atoms with Crippen molar-refractivity contribution in [3.63, 3.8) is 0 Å². The minimum atomic E-state index is -0.836. The summed E-state index contributed by atoms with van der Waals surface area (Å²) in [6.45, 7) is 4.61. The zero-order chi connectivity index (χ0) is 11.6. The Morgan fingerprint density at radius 3 is 2.53 bits per heavy atom. The van der Waals surface area contributed by atoms with Crippen LogP contribution < -0.4 is 5.32 Å². The van der Waals surface area contributed by atoms with E-state index in [1.165, 1.54) is 7.11 Å². The first-order chi connectivity index (χ1) is 6.90. The van der Waals surface area contributed by atoms with Crippen LogP contribution >= 0.6 is 0 Å². The van der Waals surface area contributed by atoms with Gasteiger partial charge in [-0.25, -0.2) is 0 Å². The van der Waals surface area contributed by atoms with Crippen LogP contribution in [0.4, 0.5) is 0 Å². The third kappa shape index (κ3) is 2.48. The number of aliphatic hydroxyl groups excluding tert-OH is 1. The highest BCUT2D eigenvalue weighted by Crippen LogP contribution is 2.16. The molecule has 1 saturated heterocycles. The first-order valence-corrected chi connectivity index (χ1v) is 5.11. The fourth-order valence-corrected chi connectivity index (χ4v) is 1.71. The van der Waals surface area contributed by atoms with Crippen LogP contribution in [-0.2, 0) is 9.53 Å². The molecule has 0 spiro atoms. The lowest BCUT2D eigenvalue weighted by atomic mass is 10.1. The number of amides is 1. The van der Waals surface area contributed by atoms with Crippen molar-refractivity contribution in [2.75, 3.05) is 27.2 Å². The van der Waals surface area contributed by atoms with E-state index in [2.05, 4.69) is 5.32 Å². The summed E-state index contributed by atoms with van der Waals surface area (Å²) in [4.78, 5) is 13.6. The lowest BCUT2D eigenvalue weighted by Gasteiger charge is -2.33. The van der Waals surface area contributed by atoms with E-state index < -0.39 is 11.7 Å². The van der Waals surface area contributed by atoms with Crippen molar-refractivity contribution >= 4 is 5.91 Å². The third-order valence-electron chi connectivity index (χ3n) is 2.99. The molecule has 0 bridgehead atoms. The van der Waals surface area contributed by atoms with Crippen molar-refractivity contribution < 1.29 is 14.6 Å². The van der Waals surface area contributed by atoms with E-state index in [1.54, 1.807) is 25.8 Å². The highest BCUT2D eigenvalue weighted by Gasteiger charge is 2.37. The molecule has 0 saturated carbocycles. The molecule has 1 aliphatic rings. The number of likely N-dealkylation sites (N-methyl/N-ethyl adjacent to an activating group) is 1. The number of rotatable bonds is 3. The number of methoxy groups -OCH3 is 1. The molecule has 2 N–H and O–H groups in total. The lowest BCUT2D eigenvalue weighted by Crippen LogP contribution is -2.52. The number of hydrogen-bond donors (Lipinski definition) is 2. The number of carbonyl (C=O) groups is 1. The summed E-state index contributed by atoms with van der Waals surface area (Å²) >= 11 is 0. The molecule has 5 heteroatoms. The Morgan fingerprint density at radius 1 is 1.53 bits per heavy atom. The highest BCUT2D eigenvalue weighted by atomic mass is 16.5. The molecular weight excluding hydrogens is 196 g/mol. The van der Waals surface area contributed by atoms with Crippen LogP contribution in [0.5, 0.6) is 0 Å². The van der Waals surface area contributed by atoms with Crippen molar-refractivity contribution in [2.24, 2.45) is 0 Å². The van der Waals surface area contributed by atoms with E-state index >= 15 is 0 Å². The number of carbonyl (C=O) groups excluding carboxylic acids is 1. The second-order valence-electron chi connectivity index (χ2n) is 4.42. The van der Waals surface area contributed by atoms with Crippen LogP contribution in [0.25, 0.3) is 0 Å². The molecule has 15 heavy (non-hydrogen) atoms. The first-order valence-electron chi connectivity index (χ1n) is 5.11. The van der Waals surface area contributed by atoms with Gasteiger partial charge in [0, 0.05) is 27.2 Å². The number of aliphatic hydroxyl groups is 1. The van der Waals surface area contributed by atoms with Crippen molar-refractivity contribution in [1.82, 2.24) is 10.2 Å². The maximum atomic E-state index is 12.0. The molecule has 1 fully saturated rings. The van der Waals surface area contributed by atoms with E-state index in [0.717, 1.165) is 0 Å². The average Bonchev–Trinajstić information content (AvgIpc) is 2.62. The van der Waals surface area contributed by atoms with Gasteiger partial charge in [-0.2, -0.15) is 0 Å². The second-order valence-corrected chi connectivity index (χ2v) is 4.42. The van der Waals surface area contributed by atoms with Crippen molar-refractivity contribution in [3.8, 4) is 0 Å². The van der Waals surface area contributed by atoms with E-state index in [4.69, 9.17) is 4.74 Å². The van der Waals surface area contributed by atoms with Gasteiger partial charge in [-0.05, 0) is 13.8 Å². The lowest BCUT2D eigenvalue weighted by molar-refractivity contribution is -0.153. The van der Waals surface area contributed by atoms with Crippen LogP contribution in [0.2, 0.25) is 0 Å². The van der Waals surface area contributed by atoms with Gasteiger partial charge in [0.15, 0.2) is 0 Å². The van der Waals surface area contributed by atoms with Crippen LogP contribution in [0.15, 0.2) is 0 Å². The smallest absolute Gasteiger partial charge is 0.254 e. The monoisotopic (exact) mass is 216 g/mol. The average molecular weight is 216 g/mol. The van der Waals surface area contributed by atoms with Crippen LogP contribution in [0, 0.1) is 0 Å². The highest BCUT2D eigenvalue weighted by molar-refractivity contribution is 5.84. The molecule has 0 aromatic rings. The molecular formula is C10H20N2O3. The summed E-state index contributed by atoms with van der Waals surface area (Å²) in [7, 11) is 3.21. The van der Waals surface area contributed by atoms with Gasteiger partial charge in [0.25, 0.3) is 5.91 Å². The Labute approximate surface area is 90.4 Å². The minimum Gasteiger partial charge on any atom is -0.390 e. The Hall–Kier alpha value is -0.650. The molecule has 1 aliphatic heterocycles. The molecule has 1 heterocycles. The van der Waals surface area contributed by atoms with Gasteiger partial charge in [-0.15, -0.1) is 0 Å². The summed E-state index contributed by atoms with van der Waals surface area (Å²) in [5, 5.41) is 12.7. The Bertz CT molecular complexity index is 243. The number of hydrogen-bond acceptors (Lipinski definition) is 4. The van der Waals surface area contributed by atoms with Gasteiger partial charge in [-0.1, -0.05) is 0 Å². The summed E-state index contributed by atoms with van der Waals surface area (Å²) < 4.78 is 5.12. The summed E-state index contributed by atoms with van der Waals surface area (Å²) in [5.41, 5.74) is -0.836. The molecule has 0 aromatic heterocycles. The largest absolute Gasteiger partial charge is 0.390 e. The van der Waals surface area contributed by atoms with Crippen LogP contribution in [0.3, 0.4) is 0 Å². The van der Waals surface area contributed by atoms with E-state index in [1.807, 2.05) is 0 Å². The summed E-state index contributed by atoms with van der Waals surface area (Å²) in [6, 6.07) is -0.160. The van der Waals surface area contributed by atoms with Gasteiger partial charge in [0.1, 0.15) is 5.60 Å². The SMILES string of the molecule is COC(C)(C)C(=O)N(C)[C@@H]1CNC[C@H]1O. The van der Waals surface area contributed by atoms with Gasteiger partial charge in [-0.3, -0.25) is 4.79 Å². The molecule has 0 radical (unpaired) electrons.